The molecule has 1 saturated heterocycles. The van der Waals surface area contributed by atoms with Crippen molar-refractivity contribution in [2.24, 2.45) is 5.41 Å². The number of benzene rings is 1. The summed E-state index contributed by atoms with van der Waals surface area (Å²) in [6.45, 7) is 8.14. The van der Waals surface area contributed by atoms with Crippen LogP contribution >= 0.6 is 0 Å². The summed E-state index contributed by atoms with van der Waals surface area (Å²) >= 11 is -1.07. The van der Waals surface area contributed by atoms with Gasteiger partial charge in [0.05, 0.1) is 13.2 Å². The molecule has 30 heavy (non-hydrogen) atoms. The van der Waals surface area contributed by atoms with Gasteiger partial charge in [-0.2, -0.15) is 13.2 Å². The van der Waals surface area contributed by atoms with Crippen molar-refractivity contribution in [3.8, 4) is 5.75 Å². The first-order chi connectivity index (χ1) is 13.8. The zero-order valence-electron chi connectivity index (χ0n) is 17.6. The van der Waals surface area contributed by atoms with Gasteiger partial charge in [-0.25, -0.2) is 4.79 Å². The summed E-state index contributed by atoms with van der Waals surface area (Å²) in [7, 11) is 1.71. The standard InChI is InChI=1S/C18H28N2O2S.C2HF3O2/c1-17(2,3)23(21)20-16-15-6-5-14(22-4)11-13(15)12-18(16)7-9-19-10-8-18;3-2(4,5)1(6)7/h5-6,11,16,19-20H,7-10,12H2,1-4H3;(H,6,7)/t16-,23-;/m1./s1. The second kappa shape index (κ2) is 9.33. The van der Waals surface area contributed by atoms with Crippen molar-refractivity contribution in [2.45, 2.75) is 57.0 Å². The summed E-state index contributed by atoms with van der Waals surface area (Å²) in [5, 5.41) is 10.6. The van der Waals surface area contributed by atoms with Crippen LogP contribution in [0.25, 0.3) is 0 Å². The van der Waals surface area contributed by atoms with Crippen molar-refractivity contribution in [2.75, 3.05) is 20.2 Å². The summed E-state index contributed by atoms with van der Waals surface area (Å²) in [5.74, 6) is -1.85. The average Bonchev–Trinajstić information content (AvgIpc) is 2.93. The van der Waals surface area contributed by atoms with E-state index in [2.05, 4.69) is 22.2 Å². The van der Waals surface area contributed by atoms with Crippen LogP contribution in [0.2, 0.25) is 0 Å². The summed E-state index contributed by atoms with van der Waals surface area (Å²) < 4.78 is 53.1. The van der Waals surface area contributed by atoms with E-state index in [1.54, 1.807) is 7.11 Å². The maximum absolute atomic E-state index is 12.7. The lowest BCUT2D eigenvalue weighted by Crippen LogP contribution is -2.48. The largest absolute Gasteiger partial charge is 0.598 e. The van der Waals surface area contributed by atoms with Gasteiger partial charge >= 0.3 is 12.1 Å². The molecule has 0 amide bonds. The molecule has 1 aromatic carbocycles. The molecule has 1 spiro atoms. The molecule has 3 N–H and O–H groups in total. The Labute approximate surface area is 177 Å². The van der Waals surface area contributed by atoms with Crippen LogP contribution < -0.4 is 14.8 Å². The first-order valence-electron chi connectivity index (χ1n) is 9.66. The number of hydrogen-bond donors (Lipinski definition) is 3. The Morgan fingerprint density at radius 2 is 1.87 bits per heavy atom. The lowest BCUT2D eigenvalue weighted by molar-refractivity contribution is -0.192. The number of carboxylic acid groups (broad SMARTS) is 1. The highest BCUT2D eigenvalue weighted by atomic mass is 32.2. The lowest BCUT2D eigenvalue weighted by atomic mass is 9.73. The van der Waals surface area contributed by atoms with Crippen molar-refractivity contribution in [3.05, 3.63) is 29.3 Å². The lowest BCUT2D eigenvalue weighted by Gasteiger charge is -2.40. The van der Waals surface area contributed by atoms with E-state index in [9.17, 15) is 17.7 Å². The Kier molecular flexibility index (Phi) is 7.71. The number of carbonyl (C=O) groups is 1. The molecule has 0 bridgehead atoms. The van der Waals surface area contributed by atoms with E-state index in [0.29, 0.717) is 0 Å². The minimum absolute atomic E-state index is 0.158. The van der Waals surface area contributed by atoms with Crippen molar-refractivity contribution in [1.82, 2.24) is 10.0 Å². The van der Waals surface area contributed by atoms with Gasteiger partial charge in [-0.05, 0) is 76.4 Å². The molecule has 1 aromatic rings. The number of alkyl halides is 3. The van der Waals surface area contributed by atoms with Gasteiger partial charge in [-0.1, -0.05) is 6.07 Å². The van der Waals surface area contributed by atoms with E-state index in [0.717, 1.165) is 38.1 Å². The molecule has 1 heterocycles. The topological polar surface area (TPSA) is 93.6 Å². The van der Waals surface area contributed by atoms with E-state index >= 15 is 0 Å². The van der Waals surface area contributed by atoms with Crippen molar-refractivity contribution in [3.63, 3.8) is 0 Å². The number of aliphatic carboxylic acids is 1. The van der Waals surface area contributed by atoms with Crippen LogP contribution in [0, 0.1) is 5.41 Å². The Morgan fingerprint density at radius 1 is 1.30 bits per heavy atom. The van der Waals surface area contributed by atoms with Crippen molar-refractivity contribution >= 4 is 17.3 Å². The molecule has 1 aliphatic carbocycles. The molecule has 2 aliphatic rings. The number of fused-ring (bicyclic) bond motifs is 1. The molecule has 0 unspecified atom stereocenters. The molecule has 2 atom stereocenters. The van der Waals surface area contributed by atoms with E-state index < -0.39 is 23.5 Å². The van der Waals surface area contributed by atoms with Crippen molar-refractivity contribution in [1.29, 1.82) is 0 Å². The monoisotopic (exact) mass is 450 g/mol. The van der Waals surface area contributed by atoms with Gasteiger partial charge in [0.15, 0.2) is 0 Å². The van der Waals surface area contributed by atoms with Crippen LogP contribution in [0.1, 0.15) is 50.8 Å². The third kappa shape index (κ3) is 5.81. The first-order valence-corrected chi connectivity index (χ1v) is 10.8. The number of ether oxygens (including phenoxy) is 1. The van der Waals surface area contributed by atoms with Crippen LogP contribution in [0.15, 0.2) is 18.2 Å². The summed E-state index contributed by atoms with van der Waals surface area (Å²) in [5.41, 5.74) is 2.81. The molecule has 0 saturated carbocycles. The smallest absolute Gasteiger partial charge is 0.490 e. The molecule has 0 radical (unpaired) electrons. The van der Waals surface area contributed by atoms with Gasteiger partial charge in [0.1, 0.15) is 10.5 Å². The predicted molar refractivity (Wildman–Crippen MR) is 109 cm³/mol. The van der Waals surface area contributed by atoms with E-state index in [-0.39, 0.29) is 16.2 Å². The summed E-state index contributed by atoms with van der Waals surface area (Å²) in [4.78, 5) is 8.90. The minimum Gasteiger partial charge on any atom is -0.598 e. The van der Waals surface area contributed by atoms with Crippen LogP contribution in [-0.2, 0) is 22.6 Å². The SMILES string of the molecule is COc1ccc2c(c1)CC1(CCNCC1)[C@@H]2N[S@+]([O-])C(C)(C)C.O=C(O)C(F)(F)F. The predicted octanol–water partition coefficient (Wildman–Crippen LogP) is 3.35. The normalized spacial score (nSPS) is 21.4. The maximum Gasteiger partial charge on any atom is 0.490 e. The molecular formula is C20H29F3N2O4S. The number of hydrogen-bond acceptors (Lipinski definition) is 5. The fourth-order valence-electron chi connectivity index (χ4n) is 3.82. The Bertz CT molecular complexity index is 747. The van der Waals surface area contributed by atoms with Crippen LogP contribution in [0.3, 0.4) is 0 Å². The Morgan fingerprint density at radius 3 is 2.33 bits per heavy atom. The van der Waals surface area contributed by atoms with Gasteiger partial charge < -0.3 is 19.7 Å². The van der Waals surface area contributed by atoms with Crippen LogP contribution in [0.4, 0.5) is 13.2 Å². The van der Waals surface area contributed by atoms with Gasteiger partial charge in [-0.15, -0.1) is 4.72 Å². The summed E-state index contributed by atoms with van der Waals surface area (Å²) in [6.07, 6.45) is -1.81. The molecule has 1 aliphatic heterocycles. The van der Waals surface area contributed by atoms with Crippen LogP contribution in [-0.4, -0.2) is 46.8 Å². The molecule has 1 fully saturated rings. The molecule has 6 nitrogen and oxygen atoms in total. The average molecular weight is 451 g/mol. The second-order valence-corrected chi connectivity index (χ2v) is 10.6. The van der Waals surface area contributed by atoms with Crippen LogP contribution in [0.5, 0.6) is 5.75 Å². The van der Waals surface area contributed by atoms with E-state index in [1.165, 1.54) is 11.1 Å². The molecule has 0 aromatic heterocycles. The third-order valence-electron chi connectivity index (χ3n) is 5.44. The molecule has 10 heteroatoms. The molecule has 3 rings (SSSR count). The molecular weight excluding hydrogens is 421 g/mol. The minimum atomic E-state index is -5.08. The number of piperidine rings is 1. The zero-order chi connectivity index (χ0) is 22.7. The second-order valence-electron chi connectivity index (χ2n) is 8.59. The highest BCUT2D eigenvalue weighted by molar-refractivity contribution is 7.90. The molecule has 170 valence electrons. The summed E-state index contributed by atoms with van der Waals surface area (Å²) in [6, 6.07) is 6.49. The zero-order valence-corrected chi connectivity index (χ0v) is 18.4. The fourth-order valence-corrected chi connectivity index (χ4v) is 4.76. The quantitative estimate of drug-likeness (QED) is 0.612. The van der Waals surface area contributed by atoms with Gasteiger partial charge in [0.25, 0.3) is 0 Å². The van der Waals surface area contributed by atoms with E-state index in [4.69, 9.17) is 14.6 Å². The van der Waals surface area contributed by atoms with Crippen molar-refractivity contribution < 1.29 is 32.4 Å². The van der Waals surface area contributed by atoms with Gasteiger partial charge in [-0.3, -0.25) is 0 Å². The van der Waals surface area contributed by atoms with E-state index in [1.807, 2.05) is 26.8 Å². The number of rotatable bonds is 3. The number of methoxy groups -OCH3 is 1. The number of halogens is 3. The fraction of sp³-hybridized carbons (Fsp3) is 0.650. The highest BCUT2D eigenvalue weighted by Crippen LogP contribution is 2.52. The third-order valence-corrected chi connectivity index (χ3v) is 7.00. The van der Waals surface area contributed by atoms with Gasteiger partial charge in [0, 0.05) is 16.8 Å². The first kappa shape index (κ1) is 24.8. The Balaban J connectivity index is 0.000000396. The number of nitrogens with one attached hydrogen (secondary N) is 2. The maximum atomic E-state index is 12.7. The Hall–Kier alpha value is -1.49. The van der Waals surface area contributed by atoms with Gasteiger partial charge in [0.2, 0.25) is 0 Å². The number of carboxylic acids is 1. The highest BCUT2D eigenvalue weighted by Gasteiger charge is 2.49.